The van der Waals surface area contributed by atoms with Gasteiger partial charge in [0.05, 0.1) is 23.5 Å². The van der Waals surface area contributed by atoms with Gasteiger partial charge in [0.1, 0.15) is 18.3 Å². The normalized spacial score (nSPS) is 30.3. The number of carbonyl (C=O) groups excluding carboxylic acids is 1. The van der Waals surface area contributed by atoms with E-state index < -0.39 is 11.5 Å². The summed E-state index contributed by atoms with van der Waals surface area (Å²) >= 11 is 0. The van der Waals surface area contributed by atoms with E-state index in [4.69, 9.17) is 19.0 Å². The molecule has 1 saturated carbocycles. The summed E-state index contributed by atoms with van der Waals surface area (Å²) in [6, 6.07) is 14.2. The van der Waals surface area contributed by atoms with Gasteiger partial charge in [0.25, 0.3) is 5.88 Å². The van der Waals surface area contributed by atoms with Gasteiger partial charge in [-0.1, -0.05) is 12.1 Å². The van der Waals surface area contributed by atoms with Crippen molar-refractivity contribution in [2.45, 2.75) is 24.0 Å². The fourth-order valence-electron chi connectivity index (χ4n) is 6.00. The first kappa shape index (κ1) is 19.6. The molecule has 1 aliphatic carbocycles. The lowest BCUT2D eigenvalue weighted by atomic mass is 9.95. The van der Waals surface area contributed by atoms with Crippen LogP contribution in [0.3, 0.4) is 0 Å². The zero-order valence-electron chi connectivity index (χ0n) is 18.2. The number of pyridine rings is 1. The van der Waals surface area contributed by atoms with Crippen molar-refractivity contribution >= 4 is 11.8 Å². The van der Waals surface area contributed by atoms with E-state index in [1.54, 1.807) is 11.0 Å². The SMILES string of the molecule is N#CC1(c2ccc(-c3ccc4c(c3)C[C@H]3[C@H](COc5ccon5)OC(=O)N43)cn2)[C@@H]2CNC[C@@H]21. The smallest absolute Gasteiger partial charge is 0.415 e. The first-order valence-electron chi connectivity index (χ1n) is 11.4. The van der Waals surface area contributed by atoms with Crippen LogP contribution in [0.15, 0.2) is 53.4 Å². The lowest BCUT2D eigenvalue weighted by Crippen LogP contribution is -2.36. The van der Waals surface area contributed by atoms with E-state index in [2.05, 4.69) is 22.6 Å². The molecule has 3 aromatic rings. The Morgan fingerprint density at radius 2 is 2.06 bits per heavy atom. The predicted molar refractivity (Wildman–Crippen MR) is 119 cm³/mol. The van der Waals surface area contributed by atoms with Crippen LogP contribution in [-0.4, -0.2) is 48.1 Å². The molecule has 5 heterocycles. The number of hydrogen-bond donors (Lipinski definition) is 1. The lowest BCUT2D eigenvalue weighted by Gasteiger charge is -2.16. The Bertz CT molecular complexity index is 1310. The summed E-state index contributed by atoms with van der Waals surface area (Å²) in [5.74, 6) is 1.10. The van der Waals surface area contributed by atoms with E-state index in [-0.39, 0.29) is 18.7 Å². The molecule has 1 unspecified atom stereocenters. The Kier molecular flexibility index (Phi) is 4.05. The molecule has 170 valence electrons. The van der Waals surface area contributed by atoms with Crippen LogP contribution >= 0.6 is 0 Å². The average Bonchev–Trinajstić information content (AvgIpc) is 3.48. The minimum absolute atomic E-state index is 0.122. The van der Waals surface area contributed by atoms with Crippen LogP contribution in [0, 0.1) is 23.2 Å². The van der Waals surface area contributed by atoms with Gasteiger partial charge in [-0.3, -0.25) is 9.88 Å². The Morgan fingerprint density at radius 3 is 2.79 bits per heavy atom. The van der Waals surface area contributed by atoms with Crippen LogP contribution in [0.4, 0.5) is 10.5 Å². The van der Waals surface area contributed by atoms with Crippen molar-refractivity contribution in [3.8, 4) is 23.1 Å². The number of nitrogens with zero attached hydrogens (tertiary/aromatic N) is 4. The van der Waals surface area contributed by atoms with Crippen molar-refractivity contribution in [1.29, 1.82) is 5.26 Å². The molecule has 5 atom stereocenters. The number of cyclic esters (lactones) is 1. The number of benzene rings is 1. The predicted octanol–water partition coefficient (Wildman–Crippen LogP) is 2.68. The van der Waals surface area contributed by atoms with Crippen molar-refractivity contribution in [3.63, 3.8) is 0 Å². The number of aromatic nitrogens is 2. The number of nitrogens with one attached hydrogen (secondary N) is 1. The monoisotopic (exact) mass is 455 g/mol. The molecule has 7 rings (SSSR count). The number of fused-ring (bicyclic) bond motifs is 4. The molecule has 1 N–H and O–H groups in total. The van der Waals surface area contributed by atoms with Gasteiger partial charge in [0.15, 0.2) is 6.10 Å². The molecule has 2 aromatic heterocycles. The highest BCUT2D eigenvalue weighted by Crippen LogP contribution is 2.60. The largest absolute Gasteiger partial charge is 0.471 e. The third kappa shape index (κ3) is 2.66. The van der Waals surface area contributed by atoms with Crippen LogP contribution in [0.25, 0.3) is 11.1 Å². The van der Waals surface area contributed by atoms with Gasteiger partial charge in [-0.2, -0.15) is 5.26 Å². The highest BCUT2D eigenvalue weighted by Gasteiger charge is 2.69. The number of anilines is 1. The van der Waals surface area contributed by atoms with Gasteiger partial charge in [-0.25, -0.2) is 4.79 Å². The standard InChI is InChI=1S/C25H21N5O4/c26-13-25(17-10-27-11-18(17)25)22-4-2-15(9-28-22)14-1-3-19-16(7-14)8-20-21(34-24(31)30(19)20)12-32-23-5-6-33-29-23/h1-7,9,17-18,20-21,27H,8,10-12H2/t17-,18+,20-,21-,25?/m0/s1. The van der Waals surface area contributed by atoms with Gasteiger partial charge in [-0.05, 0) is 40.9 Å². The second-order valence-electron chi connectivity index (χ2n) is 9.34. The van der Waals surface area contributed by atoms with Gasteiger partial charge in [-0.15, -0.1) is 0 Å². The summed E-state index contributed by atoms with van der Waals surface area (Å²) in [6.07, 6.45) is 3.22. The molecule has 4 aliphatic rings. The maximum Gasteiger partial charge on any atom is 0.415 e. The maximum atomic E-state index is 12.6. The molecular formula is C25H21N5O4. The molecule has 34 heavy (non-hydrogen) atoms. The highest BCUT2D eigenvalue weighted by molar-refractivity contribution is 5.94. The summed E-state index contributed by atoms with van der Waals surface area (Å²) in [5, 5.41) is 16.9. The first-order valence-corrected chi connectivity index (χ1v) is 11.4. The number of rotatable bonds is 5. The number of ether oxygens (including phenoxy) is 2. The summed E-state index contributed by atoms with van der Waals surface area (Å²) < 4.78 is 15.9. The topological polar surface area (TPSA) is 114 Å². The van der Waals surface area contributed by atoms with Crippen LogP contribution in [-0.2, 0) is 16.6 Å². The summed E-state index contributed by atoms with van der Waals surface area (Å²) in [4.78, 5) is 19.0. The van der Waals surface area contributed by atoms with Gasteiger partial charge >= 0.3 is 6.09 Å². The van der Waals surface area contributed by atoms with Crippen LogP contribution in [0.2, 0.25) is 0 Å². The fraction of sp³-hybridized carbons (Fsp3) is 0.360. The molecule has 2 saturated heterocycles. The molecule has 0 spiro atoms. The first-order chi connectivity index (χ1) is 16.7. The number of carbonyl (C=O) groups is 1. The third-order valence-electron chi connectivity index (χ3n) is 7.77. The van der Waals surface area contributed by atoms with Crippen LogP contribution in [0.1, 0.15) is 11.3 Å². The quantitative estimate of drug-likeness (QED) is 0.625. The van der Waals surface area contributed by atoms with Crippen LogP contribution < -0.4 is 15.0 Å². The van der Waals surface area contributed by atoms with Crippen molar-refractivity contribution in [2.75, 3.05) is 24.6 Å². The second kappa shape index (κ2) is 7.05. The molecule has 0 bridgehead atoms. The average molecular weight is 455 g/mol. The molecule has 1 aromatic carbocycles. The van der Waals surface area contributed by atoms with E-state index in [9.17, 15) is 10.1 Å². The zero-order chi connectivity index (χ0) is 22.9. The summed E-state index contributed by atoms with van der Waals surface area (Å²) in [6.45, 7) is 1.98. The molecule has 9 heteroatoms. The fourth-order valence-corrected chi connectivity index (χ4v) is 6.00. The Hall–Kier alpha value is -3.90. The highest BCUT2D eigenvalue weighted by atomic mass is 16.6. The second-order valence-corrected chi connectivity index (χ2v) is 9.34. The van der Waals surface area contributed by atoms with Crippen LogP contribution in [0.5, 0.6) is 5.88 Å². The molecule has 3 aliphatic heterocycles. The number of nitriles is 1. The van der Waals surface area contributed by atoms with Crippen molar-refractivity contribution in [1.82, 2.24) is 15.5 Å². The molecule has 1 amide bonds. The number of amides is 1. The minimum atomic E-state index is -0.435. The van der Waals surface area contributed by atoms with E-state index in [1.165, 1.54) is 6.26 Å². The Morgan fingerprint density at radius 1 is 1.21 bits per heavy atom. The van der Waals surface area contributed by atoms with E-state index >= 15 is 0 Å². The van der Waals surface area contributed by atoms with Crippen molar-refractivity contribution < 1.29 is 18.8 Å². The molecule has 0 radical (unpaired) electrons. The van der Waals surface area contributed by atoms with Gasteiger partial charge in [0.2, 0.25) is 0 Å². The van der Waals surface area contributed by atoms with E-state index in [0.717, 1.165) is 41.2 Å². The molecule has 9 nitrogen and oxygen atoms in total. The summed E-state index contributed by atoms with van der Waals surface area (Å²) in [7, 11) is 0. The zero-order valence-corrected chi connectivity index (χ0v) is 18.2. The van der Waals surface area contributed by atoms with Crippen molar-refractivity contribution in [2.24, 2.45) is 11.8 Å². The molecule has 3 fully saturated rings. The Labute approximate surface area is 195 Å². The maximum absolute atomic E-state index is 12.6. The number of hydrogen-bond acceptors (Lipinski definition) is 8. The summed E-state index contributed by atoms with van der Waals surface area (Å²) in [5.41, 5.74) is 4.42. The van der Waals surface area contributed by atoms with Gasteiger partial charge < -0.3 is 19.3 Å². The van der Waals surface area contributed by atoms with Gasteiger partial charge in [0, 0.05) is 42.8 Å². The lowest BCUT2D eigenvalue weighted by molar-refractivity contribution is 0.0886. The number of piperidine rings is 1. The molecular weight excluding hydrogens is 434 g/mol. The minimum Gasteiger partial charge on any atom is -0.471 e. The third-order valence-corrected chi connectivity index (χ3v) is 7.77. The van der Waals surface area contributed by atoms with E-state index in [1.807, 2.05) is 30.5 Å². The van der Waals surface area contributed by atoms with Crippen molar-refractivity contribution in [3.05, 3.63) is 60.1 Å². The van der Waals surface area contributed by atoms with E-state index in [0.29, 0.717) is 24.1 Å². The Balaban J connectivity index is 1.11.